The minimum Gasteiger partial charge on any atom is -0.497 e. The summed E-state index contributed by atoms with van der Waals surface area (Å²) in [6.45, 7) is 0.145. The molecule has 0 bridgehead atoms. The van der Waals surface area contributed by atoms with Gasteiger partial charge >= 0.3 is 5.97 Å². The van der Waals surface area contributed by atoms with Crippen LogP contribution >= 0.6 is 11.8 Å². The number of carboxylic acids is 1. The van der Waals surface area contributed by atoms with E-state index < -0.39 is 24.3 Å². The van der Waals surface area contributed by atoms with Crippen molar-refractivity contribution in [1.82, 2.24) is 0 Å². The predicted octanol–water partition coefficient (Wildman–Crippen LogP) is 3.09. The van der Waals surface area contributed by atoms with Crippen molar-refractivity contribution in [2.45, 2.75) is 74.9 Å². The molecule has 0 aromatic heterocycles. The number of methoxy groups -OCH3 is 1. The van der Waals surface area contributed by atoms with Gasteiger partial charge in [-0.05, 0) is 30.9 Å². The van der Waals surface area contributed by atoms with E-state index in [0.29, 0.717) is 30.1 Å². The zero-order valence-electron chi connectivity index (χ0n) is 18.2. The highest BCUT2D eigenvalue weighted by Gasteiger charge is 2.41. The van der Waals surface area contributed by atoms with Crippen molar-refractivity contribution in [3.05, 3.63) is 24.3 Å². The van der Waals surface area contributed by atoms with E-state index in [1.165, 1.54) is 11.8 Å². The van der Waals surface area contributed by atoms with Crippen molar-refractivity contribution in [3.63, 3.8) is 0 Å². The summed E-state index contributed by atoms with van der Waals surface area (Å²) < 4.78 is 10.8. The standard InChI is InChI=1S/C23H36O7S/c1-29-17-8-7-9-18(12-17)30-14-16(24)15-31-23-19(20(25)13-21(23)26)10-5-3-2-4-6-11-22(27)28/h7-9,12,16,19-21,23-26H,2-6,10-11,13-15H2,1H3,(H,27,28). The van der Waals surface area contributed by atoms with Gasteiger partial charge in [-0.3, -0.25) is 4.79 Å². The number of hydrogen-bond acceptors (Lipinski definition) is 7. The van der Waals surface area contributed by atoms with Crippen LogP contribution in [-0.4, -0.2) is 69.4 Å². The van der Waals surface area contributed by atoms with Gasteiger partial charge in [0, 0.05) is 29.9 Å². The third-order valence-electron chi connectivity index (χ3n) is 5.67. The Hall–Kier alpha value is -1.48. The van der Waals surface area contributed by atoms with E-state index in [1.54, 1.807) is 19.2 Å². The number of aliphatic hydroxyl groups is 3. The van der Waals surface area contributed by atoms with Crippen LogP contribution in [0.3, 0.4) is 0 Å². The van der Waals surface area contributed by atoms with Crippen molar-refractivity contribution < 1.29 is 34.7 Å². The Morgan fingerprint density at radius 1 is 1.13 bits per heavy atom. The molecular formula is C23H36O7S. The molecule has 1 aromatic carbocycles. The number of carboxylic acid groups (broad SMARTS) is 1. The molecule has 5 unspecified atom stereocenters. The fourth-order valence-electron chi connectivity index (χ4n) is 3.99. The molecule has 7 nitrogen and oxygen atoms in total. The fourth-order valence-corrected chi connectivity index (χ4v) is 5.43. The van der Waals surface area contributed by atoms with Gasteiger partial charge in [-0.15, -0.1) is 0 Å². The molecule has 176 valence electrons. The first-order chi connectivity index (χ1) is 14.9. The highest BCUT2D eigenvalue weighted by molar-refractivity contribution is 8.00. The number of carbonyl (C=O) groups is 1. The number of thioether (sulfide) groups is 1. The maximum atomic E-state index is 10.5. The lowest BCUT2D eigenvalue weighted by Gasteiger charge is -2.24. The summed E-state index contributed by atoms with van der Waals surface area (Å²) in [5.74, 6) is 0.990. The van der Waals surface area contributed by atoms with Crippen LogP contribution in [0.1, 0.15) is 51.4 Å². The van der Waals surface area contributed by atoms with Crippen LogP contribution in [-0.2, 0) is 4.79 Å². The van der Waals surface area contributed by atoms with Gasteiger partial charge in [-0.1, -0.05) is 31.7 Å². The zero-order chi connectivity index (χ0) is 22.6. The molecule has 1 aliphatic carbocycles. The fraction of sp³-hybridized carbons (Fsp3) is 0.696. The first-order valence-corrected chi connectivity index (χ1v) is 12.1. The maximum absolute atomic E-state index is 10.5. The number of hydrogen-bond donors (Lipinski definition) is 4. The van der Waals surface area contributed by atoms with Crippen molar-refractivity contribution in [2.75, 3.05) is 19.5 Å². The van der Waals surface area contributed by atoms with Crippen LogP contribution < -0.4 is 9.47 Å². The average molecular weight is 457 g/mol. The van der Waals surface area contributed by atoms with Crippen molar-refractivity contribution in [1.29, 1.82) is 0 Å². The molecule has 1 fully saturated rings. The van der Waals surface area contributed by atoms with Gasteiger partial charge in [-0.25, -0.2) is 0 Å². The monoisotopic (exact) mass is 456 g/mol. The molecule has 0 radical (unpaired) electrons. The minimum atomic E-state index is -0.751. The first-order valence-electron chi connectivity index (χ1n) is 11.0. The van der Waals surface area contributed by atoms with Crippen LogP contribution in [0.2, 0.25) is 0 Å². The first kappa shape index (κ1) is 25.8. The van der Waals surface area contributed by atoms with Gasteiger partial charge in [0.2, 0.25) is 0 Å². The zero-order valence-corrected chi connectivity index (χ0v) is 19.0. The topological polar surface area (TPSA) is 116 Å². The Balaban J connectivity index is 1.69. The molecule has 1 saturated carbocycles. The van der Waals surface area contributed by atoms with E-state index in [9.17, 15) is 20.1 Å². The number of rotatable bonds is 15. The van der Waals surface area contributed by atoms with Crippen molar-refractivity contribution in [2.24, 2.45) is 5.92 Å². The molecule has 0 spiro atoms. The molecule has 0 amide bonds. The Bertz CT molecular complexity index is 657. The normalized spacial score (nSPS) is 24.1. The SMILES string of the molecule is COc1cccc(OCC(O)CSC2C(O)CC(O)C2CCCCCCCC(=O)O)c1. The van der Waals surface area contributed by atoms with Gasteiger partial charge in [0.15, 0.2) is 0 Å². The van der Waals surface area contributed by atoms with E-state index in [2.05, 4.69) is 0 Å². The lowest BCUT2D eigenvalue weighted by molar-refractivity contribution is -0.137. The highest BCUT2D eigenvalue weighted by atomic mass is 32.2. The summed E-state index contributed by atoms with van der Waals surface area (Å²) in [6.07, 6.45) is 4.16. The molecule has 1 aromatic rings. The molecule has 0 aliphatic heterocycles. The summed E-state index contributed by atoms with van der Waals surface area (Å²) >= 11 is 1.50. The molecule has 1 aliphatic rings. The van der Waals surface area contributed by atoms with E-state index in [0.717, 1.165) is 32.1 Å². The molecule has 5 atom stereocenters. The summed E-state index contributed by atoms with van der Waals surface area (Å²) in [7, 11) is 1.59. The molecule has 0 heterocycles. The third-order valence-corrected chi connectivity index (χ3v) is 7.30. The van der Waals surface area contributed by atoms with E-state index in [1.807, 2.05) is 12.1 Å². The predicted molar refractivity (Wildman–Crippen MR) is 121 cm³/mol. The van der Waals surface area contributed by atoms with Gasteiger partial charge in [0.1, 0.15) is 18.1 Å². The largest absolute Gasteiger partial charge is 0.497 e. The summed E-state index contributed by atoms with van der Waals surface area (Å²) in [5.41, 5.74) is 0. The number of aliphatic hydroxyl groups excluding tert-OH is 3. The van der Waals surface area contributed by atoms with Crippen LogP contribution in [0.25, 0.3) is 0 Å². The van der Waals surface area contributed by atoms with Crippen molar-refractivity contribution in [3.8, 4) is 11.5 Å². The van der Waals surface area contributed by atoms with E-state index in [-0.39, 0.29) is 24.2 Å². The maximum Gasteiger partial charge on any atom is 0.303 e. The van der Waals surface area contributed by atoms with Gasteiger partial charge in [0.05, 0.1) is 25.4 Å². The minimum absolute atomic E-state index is 0.00511. The second kappa shape index (κ2) is 13.8. The van der Waals surface area contributed by atoms with Crippen LogP contribution in [0.15, 0.2) is 24.3 Å². The number of benzene rings is 1. The molecule has 4 N–H and O–H groups in total. The lowest BCUT2D eigenvalue weighted by atomic mass is 9.97. The molecular weight excluding hydrogens is 420 g/mol. The summed E-state index contributed by atoms with van der Waals surface area (Å²) in [4.78, 5) is 10.5. The van der Waals surface area contributed by atoms with Crippen LogP contribution in [0, 0.1) is 5.92 Å². The van der Waals surface area contributed by atoms with Crippen molar-refractivity contribution >= 4 is 17.7 Å². The lowest BCUT2D eigenvalue weighted by Crippen LogP contribution is -2.28. The highest BCUT2D eigenvalue weighted by Crippen LogP contribution is 2.39. The van der Waals surface area contributed by atoms with Gasteiger partial charge < -0.3 is 29.9 Å². The smallest absolute Gasteiger partial charge is 0.303 e. The summed E-state index contributed by atoms with van der Waals surface area (Å²) in [5, 5.41) is 39.6. The molecule has 31 heavy (non-hydrogen) atoms. The number of ether oxygens (including phenoxy) is 2. The molecule has 2 rings (SSSR count). The Labute approximate surface area is 188 Å². The Kier molecular flexibility index (Phi) is 11.5. The van der Waals surface area contributed by atoms with E-state index in [4.69, 9.17) is 14.6 Å². The van der Waals surface area contributed by atoms with Crippen LogP contribution in [0.5, 0.6) is 11.5 Å². The number of unbranched alkanes of at least 4 members (excludes halogenated alkanes) is 4. The van der Waals surface area contributed by atoms with Crippen LogP contribution in [0.4, 0.5) is 0 Å². The quantitative estimate of drug-likeness (QED) is 0.298. The molecule has 8 heteroatoms. The van der Waals surface area contributed by atoms with E-state index >= 15 is 0 Å². The third kappa shape index (κ3) is 9.27. The average Bonchev–Trinajstić information content (AvgIpc) is 3.02. The summed E-state index contributed by atoms with van der Waals surface area (Å²) in [6, 6.07) is 7.20. The van der Waals surface area contributed by atoms with Gasteiger partial charge in [0.25, 0.3) is 0 Å². The molecule has 0 saturated heterocycles. The Morgan fingerprint density at radius 2 is 1.84 bits per heavy atom. The second-order valence-electron chi connectivity index (χ2n) is 8.18. The van der Waals surface area contributed by atoms with Gasteiger partial charge in [-0.2, -0.15) is 11.8 Å². The number of aliphatic carboxylic acids is 1. The second-order valence-corrected chi connectivity index (χ2v) is 9.39. The Morgan fingerprint density at radius 3 is 2.58 bits per heavy atom.